The minimum atomic E-state index is -4.50. The summed E-state index contributed by atoms with van der Waals surface area (Å²) in [5, 5.41) is 10.00. The summed E-state index contributed by atoms with van der Waals surface area (Å²) in [6.07, 6.45) is -0.816. The first-order valence-electron chi connectivity index (χ1n) is 8.02. The van der Waals surface area contributed by atoms with Crippen LogP contribution in [-0.4, -0.2) is 33.8 Å². The van der Waals surface area contributed by atoms with Gasteiger partial charge < -0.3 is 10.6 Å². The van der Waals surface area contributed by atoms with E-state index in [1.165, 1.54) is 13.2 Å². The molecule has 0 bridgehead atoms. The number of aromatic nitrogens is 3. The predicted molar refractivity (Wildman–Crippen MR) is 94.0 cm³/mol. The first kappa shape index (κ1) is 20.0. The zero-order chi connectivity index (χ0) is 19.2. The van der Waals surface area contributed by atoms with E-state index >= 15 is 0 Å². The Morgan fingerprint density at radius 2 is 2.08 bits per heavy atom. The van der Waals surface area contributed by atoms with Crippen molar-refractivity contribution in [1.82, 2.24) is 25.4 Å². The summed E-state index contributed by atoms with van der Waals surface area (Å²) in [5.74, 6) is 0.436. The Bertz CT molecular complexity index is 739. The molecule has 0 unspecified atom stereocenters. The second kappa shape index (κ2) is 8.88. The summed E-state index contributed by atoms with van der Waals surface area (Å²) in [5.41, 5.74) is 0.107. The SMILES string of the molecule is CCNC(=NCc1cn(C)nc1C(F)(F)F)NCCc1ccc(Cl)nc1. The van der Waals surface area contributed by atoms with Gasteiger partial charge >= 0.3 is 6.18 Å². The van der Waals surface area contributed by atoms with Gasteiger partial charge in [0.15, 0.2) is 11.7 Å². The highest BCUT2D eigenvalue weighted by Gasteiger charge is 2.36. The number of rotatable bonds is 6. The zero-order valence-electron chi connectivity index (χ0n) is 14.4. The quantitative estimate of drug-likeness (QED) is 0.453. The van der Waals surface area contributed by atoms with Crippen LogP contribution >= 0.6 is 11.6 Å². The molecule has 0 aromatic carbocycles. The van der Waals surface area contributed by atoms with Crippen molar-refractivity contribution in [3.05, 3.63) is 46.5 Å². The maximum absolute atomic E-state index is 13.0. The molecule has 142 valence electrons. The number of hydrogen-bond acceptors (Lipinski definition) is 3. The van der Waals surface area contributed by atoms with Crippen molar-refractivity contribution in [2.24, 2.45) is 12.0 Å². The van der Waals surface area contributed by atoms with Gasteiger partial charge in [0.25, 0.3) is 0 Å². The molecule has 0 radical (unpaired) electrons. The predicted octanol–water partition coefficient (Wildman–Crippen LogP) is 2.79. The number of nitrogens with zero attached hydrogens (tertiary/aromatic N) is 4. The number of nitrogens with one attached hydrogen (secondary N) is 2. The number of aliphatic imine (C=N–C) groups is 1. The highest BCUT2D eigenvalue weighted by atomic mass is 35.5. The number of hydrogen-bond donors (Lipinski definition) is 2. The molecule has 0 amide bonds. The monoisotopic (exact) mass is 388 g/mol. The fourth-order valence-electron chi connectivity index (χ4n) is 2.28. The first-order valence-corrected chi connectivity index (χ1v) is 8.39. The molecule has 0 atom stereocenters. The molecule has 0 spiro atoms. The van der Waals surface area contributed by atoms with Crippen molar-refractivity contribution in [3.63, 3.8) is 0 Å². The summed E-state index contributed by atoms with van der Waals surface area (Å²) < 4.78 is 40.1. The molecule has 0 aliphatic carbocycles. The molecule has 2 aromatic rings. The minimum absolute atomic E-state index is 0.0269. The Labute approximate surface area is 154 Å². The van der Waals surface area contributed by atoms with E-state index in [1.807, 2.05) is 13.0 Å². The van der Waals surface area contributed by atoms with E-state index in [4.69, 9.17) is 11.6 Å². The van der Waals surface area contributed by atoms with Gasteiger partial charge in [0.2, 0.25) is 0 Å². The number of halogens is 4. The molecule has 2 rings (SSSR count). The summed E-state index contributed by atoms with van der Waals surface area (Å²) in [6.45, 7) is 2.90. The lowest BCUT2D eigenvalue weighted by atomic mass is 10.2. The Morgan fingerprint density at radius 3 is 2.69 bits per heavy atom. The van der Waals surface area contributed by atoms with Crippen LogP contribution in [0.5, 0.6) is 0 Å². The maximum Gasteiger partial charge on any atom is 0.435 e. The number of guanidine groups is 1. The third kappa shape index (κ3) is 5.91. The van der Waals surface area contributed by atoms with Crippen molar-refractivity contribution in [1.29, 1.82) is 0 Å². The third-order valence-corrected chi connectivity index (χ3v) is 3.64. The van der Waals surface area contributed by atoms with Crippen molar-refractivity contribution in [2.45, 2.75) is 26.1 Å². The van der Waals surface area contributed by atoms with Crippen molar-refractivity contribution in [3.8, 4) is 0 Å². The third-order valence-electron chi connectivity index (χ3n) is 3.42. The Morgan fingerprint density at radius 1 is 1.31 bits per heavy atom. The molecule has 2 heterocycles. The molecule has 0 saturated heterocycles. The van der Waals surface area contributed by atoms with Crippen molar-refractivity contribution >= 4 is 17.6 Å². The lowest BCUT2D eigenvalue weighted by molar-refractivity contribution is -0.142. The summed E-state index contributed by atoms with van der Waals surface area (Å²) >= 11 is 5.74. The standard InChI is InChI=1S/C16H20ClF3N6/c1-3-21-15(22-7-6-11-4-5-13(17)23-8-11)24-9-12-10-26(2)25-14(12)16(18,19)20/h4-5,8,10H,3,6-7,9H2,1-2H3,(H2,21,22,24). The van der Waals surface area contributed by atoms with Crippen LogP contribution in [0.1, 0.15) is 23.7 Å². The van der Waals surface area contributed by atoms with Crippen LogP contribution in [0.15, 0.2) is 29.5 Å². The molecule has 6 nitrogen and oxygen atoms in total. The van der Waals surface area contributed by atoms with Gasteiger partial charge in [-0.1, -0.05) is 17.7 Å². The zero-order valence-corrected chi connectivity index (χ0v) is 15.2. The van der Waals surface area contributed by atoms with Gasteiger partial charge in [0.1, 0.15) is 5.15 Å². The average Bonchev–Trinajstić information content (AvgIpc) is 2.95. The minimum Gasteiger partial charge on any atom is -0.357 e. The topological polar surface area (TPSA) is 67.1 Å². The van der Waals surface area contributed by atoms with Gasteiger partial charge in [-0.05, 0) is 25.0 Å². The van der Waals surface area contributed by atoms with E-state index in [2.05, 4.69) is 25.7 Å². The van der Waals surface area contributed by atoms with Gasteiger partial charge in [-0.3, -0.25) is 4.68 Å². The molecular formula is C16H20ClF3N6. The smallest absolute Gasteiger partial charge is 0.357 e. The van der Waals surface area contributed by atoms with Gasteiger partial charge in [-0.2, -0.15) is 18.3 Å². The van der Waals surface area contributed by atoms with Crippen molar-refractivity contribution in [2.75, 3.05) is 13.1 Å². The van der Waals surface area contributed by atoms with Gasteiger partial charge in [0.05, 0.1) is 6.54 Å². The molecule has 2 N–H and O–H groups in total. The van der Waals surface area contributed by atoms with Gasteiger partial charge in [-0.25, -0.2) is 9.98 Å². The summed E-state index contributed by atoms with van der Waals surface area (Å²) in [7, 11) is 1.45. The highest BCUT2D eigenvalue weighted by molar-refractivity contribution is 6.29. The second-order valence-electron chi connectivity index (χ2n) is 5.54. The molecule has 0 aliphatic heterocycles. The Balaban J connectivity index is 1.99. The van der Waals surface area contributed by atoms with E-state index in [9.17, 15) is 13.2 Å². The van der Waals surface area contributed by atoms with Crippen molar-refractivity contribution < 1.29 is 13.2 Å². The molecule has 10 heteroatoms. The van der Waals surface area contributed by atoms with E-state index in [-0.39, 0.29) is 12.1 Å². The highest BCUT2D eigenvalue weighted by Crippen LogP contribution is 2.30. The Hall–Kier alpha value is -2.29. The van der Waals surface area contributed by atoms with Gasteiger partial charge in [-0.15, -0.1) is 0 Å². The maximum atomic E-state index is 13.0. The summed E-state index contributed by atoms with van der Waals surface area (Å²) in [6, 6.07) is 3.57. The molecule has 0 fully saturated rings. The lowest BCUT2D eigenvalue weighted by Crippen LogP contribution is -2.38. The van der Waals surface area contributed by atoms with E-state index in [1.54, 1.807) is 12.3 Å². The average molecular weight is 389 g/mol. The Kier molecular flexibility index (Phi) is 6.84. The number of aryl methyl sites for hydroxylation is 1. The molecule has 0 aliphatic rings. The fraction of sp³-hybridized carbons (Fsp3) is 0.438. The largest absolute Gasteiger partial charge is 0.435 e. The van der Waals surface area contributed by atoms with Gasteiger partial charge in [0, 0.05) is 38.1 Å². The number of pyridine rings is 1. The molecule has 26 heavy (non-hydrogen) atoms. The molecule has 2 aromatic heterocycles. The van der Waals surface area contributed by atoms with Crippen LogP contribution in [0.4, 0.5) is 13.2 Å². The van der Waals surface area contributed by atoms with Crippen LogP contribution in [0.3, 0.4) is 0 Å². The van der Waals surface area contributed by atoms with E-state index in [0.717, 1.165) is 10.2 Å². The molecule has 0 saturated carbocycles. The second-order valence-corrected chi connectivity index (χ2v) is 5.92. The fourth-order valence-corrected chi connectivity index (χ4v) is 2.39. The summed E-state index contributed by atoms with van der Waals surface area (Å²) in [4.78, 5) is 8.22. The first-order chi connectivity index (χ1) is 12.3. The van der Waals surface area contributed by atoms with E-state index in [0.29, 0.717) is 30.6 Å². The van der Waals surface area contributed by atoms with Crippen LogP contribution in [0, 0.1) is 0 Å². The molecular weight excluding hydrogens is 369 g/mol. The van der Waals surface area contributed by atoms with E-state index < -0.39 is 11.9 Å². The number of alkyl halides is 3. The lowest BCUT2D eigenvalue weighted by Gasteiger charge is -2.11. The van der Waals surface area contributed by atoms with Crippen LogP contribution in [0.25, 0.3) is 0 Å². The van der Waals surface area contributed by atoms with Crippen LogP contribution in [-0.2, 0) is 26.2 Å². The van der Waals surface area contributed by atoms with Crippen LogP contribution < -0.4 is 10.6 Å². The van der Waals surface area contributed by atoms with Crippen LogP contribution in [0.2, 0.25) is 5.15 Å². The normalized spacial score (nSPS) is 12.3.